The largest absolute Gasteiger partial charge is 0.495 e. The van der Waals surface area contributed by atoms with Crippen molar-refractivity contribution in [3.05, 3.63) is 100 Å². The number of sulfonamides is 1. The number of ether oxygens (including phenoxy) is 1. The van der Waals surface area contributed by atoms with Crippen molar-refractivity contribution < 1.29 is 13.2 Å². The van der Waals surface area contributed by atoms with Crippen LogP contribution in [0.5, 0.6) is 5.75 Å². The van der Waals surface area contributed by atoms with E-state index in [2.05, 4.69) is 72.4 Å². The predicted molar refractivity (Wildman–Crippen MR) is 169 cm³/mol. The van der Waals surface area contributed by atoms with Gasteiger partial charge in [-0.1, -0.05) is 23.8 Å². The van der Waals surface area contributed by atoms with E-state index in [-0.39, 0.29) is 12.1 Å². The Labute approximate surface area is 247 Å². The molecule has 41 heavy (non-hydrogen) atoms. The molecule has 1 fully saturated rings. The van der Waals surface area contributed by atoms with Gasteiger partial charge in [0.25, 0.3) is 0 Å². The van der Waals surface area contributed by atoms with Crippen LogP contribution >= 0.6 is 12.2 Å². The summed E-state index contributed by atoms with van der Waals surface area (Å²) >= 11 is 5.93. The third-order valence-electron chi connectivity index (χ3n) is 7.50. The first-order valence-electron chi connectivity index (χ1n) is 13.3. The van der Waals surface area contributed by atoms with Gasteiger partial charge in [0.05, 0.1) is 42.5 Å². The molecular weight excluding hydrogens is 555 g/mol. The molecule has 5 rings (SSSR count). The summed E-state index contributed by atoms with van der Waals surface area (Å²) in [5, 5.41) is 4.03. The van der Waals surface area contributed by atoms with Crippen molar-refractivity contribution in [1.29, 1.82) is 0 Å². The molecule has 8 nitrogen and oxygen atoms in total. The molecule has 0 saturated carbocycles. The minimum Gasteiger partial charge on any atom is -0.495 e. The van der Waals surface area contributed by atoms with Gasteiger partial charge in [-0.05, 0) is 99.9 Å². The van der Waals surface area contributed by atoms with Crippen LogP contribution in [-0.2, 0) is 10.0 Å². The first kappa shape index (κ1) is 28.6. The molecule has 10 heteroatoms. The average Bonchev–Trinajstić information content (AvgIpc) is 3.38. The van der Waals surface area contributed by atoms with Crippen molar-refractivity contribution in [3.8, 4) is 11.4 Å². The predicted octanol–water partition coefficient (Wildman–Crippen LogP) is 5.97. The molecule has 4 aromatic rings. The highest BCUT2D eigenvalue weighted by Gasteiger charge is 2.42. The third-order valence-corrected chi connectivity index (χ3v) is 8.41. The minimum atomic E-state index is -3.54. The van der Waals surface area contributed by atoms with Crippen LogP contribution in [0.15, 0.2) is 60.8 Å². The molecule has 2 atom stereocenters. The number of anilines is 2. The molecule has 2 aromatic carbocycles. The summed E-state index contributed by atoms with van der Waals surface area (Å²) in [4.78, 5) is 6.72. The molecule has 0 bridgehead atoms. The number of thiocarbonyl (C=S) groups is 1. The van der Waals surface area contributed by atoms with E-state index in [1.807, 2.05) is 29.2 Å². The molecular formula is C31H35N5O3S2. The third kappa shape index (κ3) is 5.41. The lowest BCUT2D eigenvalue weighted by molar-refractivity contribution is 0.417. The topological polar surface area (TPSA) is 88.5 Å². The normalized spacial score (nSPS) is 17.0. The molecule has 0 spiro atoms. The molecule has 214 valence electrons. The van der Waals surface area contributed by atoms with E-state index in [1.54, 1.807) is 18.3 Å². The van der Waals surface area contributed by atoms with Crippen LogP contribution < -0.4 is 19.7 Å². The average molecular weight is 590 g/mol. The quantitative estimate of drug-likeness (QED) is 0.257. The summed E-state index contributed by atoms with van der Waals surface area (Å²) in [6.07, 6.45) is 2.90. The lowest BCUT2D eigenvalue weighted by Gasteiger charge is -2.29. The Bertz CT molecular complexity index is 1730. The van der Waals surface area contributed by atoms with Crippen molar-refractivity contribution in [1.82, 2.24) is 14.9 Å². The second-order valence-corrected chi connectivity index (χ2v) is 12.8. The van der Waals surface area contributed by atoms with Crippen LogP contribution in [0.2, 0.25) is 0 Å². The summed E-state index contributed by atoms with van der Waals surface area (Å²) < 4.78 is 34.7. The number of methoxy groups -OCH3 is 1. The zero-order chi connectivity index (χ0) is 29.6. The number of pyridine rings is 1. The van der Waals surface area contributed by atoms with Gasteiger partial charge >= 0.3 is 0 Å². The van der Waals surface area contributed by atoms with Gasteiger partial charge in [0, 0.05) is 23.3 Å². The summed E-state index contributed by atoms with van der Waals surface area (Å²) in [6, 6.07) is 17.4. The number of aryl methyl sites for hydroxylation is 4. The Morgan fingerprint density at radius 2 is 1.71 bits per heavy atom. The van der Waals surface area contributed by atoms with E-state index in [0.717, 1.165) is 34.6 Å². The molecule has 0 radical (unpaired) electrons. The van der Waals surface area contributed by atoms with Gasteiger partial charge in [0.1, 0.15) is 5.75 Å². The Hall–Kier alpha value is -3.89. The number of hydrogen-bond acceptors (Lipinski definition) is 5. The molecule has 3 heterocycles. The van der Waals surface area contributed by atoms with Crippen molar-refractivity contribution in [3.63, 3.8) is 0 Å². The van der Waals surface area contributed by atoms with Crippen LogP contribution in [0, 0.1) is 34.6 Å². The lowest BCUT2D eigenvalue weighted by Crippen LogP contribution is -2.29. The SMILES string of the molecule is COc1ccc(N2C(=S)NC(c3ccccn3)C2c2cc(C)n(-c3c(C)cc(C)cc3C)c2C)cc1NS(C)(=O)=O. The van der Waals surface area contributed by atoms with E-state index in [0.29, 0.717) is 16.5 Å². The number of aromatic nitrogens is 2. The molecule has 1 saturated heterocycles. The Morgan fingerprint density at radius 3 is 2.32 bits per heavy atom. The standard InChI is InChI=1S/C31H35N5O3S2/c1-18-14-19(2)29(20(3)15-18)35-21(4)16-24(22(35)5)30-28(25-10-8-9-13-32-25)33-31(40)36(30)23-11-12-27(39-6)26(17-23)34-41(7,37)38/h8-17,28,30,34H,1-7H3,(H,33,40). The number of rotatable bonds is 7. The fourth-order valence-corrected chi connectivity index (χ4v) is 6.94. The van der Waals surface area contributed by atoms with Crippen LogP contribution in [-0.4, -0.2) is 36.4 Å². The van der Waals surface area contributed by atoms with E-state index in [4.69, 9.17) is 17.0 Å². The highest BCUT2D eigenvalue weighted by molar-refractivity contribution is 7.92. The maximum atomic E-state index is 12.2. The van der Waals surface area contributed by atoms with Gasteiger partial charge in [0.2, 0.25) is 10.0 Å². The number of hydrogen-bond donors (Lipinski definition) is 2. The minimum absolute atomic E-state index is 0.244. The number of nitrogens with zero attached hydrogens (tertiary/aromatic N) is 3. The summed E-state index contributed by atoms with van der Waals surface area (Å²) in [7, 11) is -2.04. The Kier molecular flexibility index (Phi) is 7.56. The molecule has 2 aromatic heterocycles. The van der Waals surface area contributed by atoms with Crippen molar-refractivity contribution in [2.75, 3.05) is 23.0 Å². The fourth-order valence-electron chi connectivity index (χ4n) is 6.03. The Balaban J connectivity index is 1.71. The van der Waals surface area contributed by atoms with Crippen molar-refractivity contribution in [2.24, 2.45) is 0 Å². The maximum absolute atomic E-state index is 12.2. The van der Waals surface area contributed by atoms with Gasteiger partial charge in [0.15, 0.2) is 5.11 Å². The van der Waals surface area contributed by atoms with Crippen LogP contribution in [0.1, 0.15) is 51.4 Å². The van der Waals surface area contributed by atoms with Crippen LogP contribution in [0.3, 0.4) is 0 Å². The Morgan fingerprint density at radius 1 is 1.00 bits per heavy atom. The van der Waals surface area contributed by atoms with E-state index in [1.165, 1.54) is 29.5 Å². The van der Waals surface area contributed by atoms with E-state index in [9.17, 15) is 8.42 Å². The monoisotopic (exact) mass is 589 g/mol. The highest BCUT2D eigenvalue weighted by atomic mass is 32.2. The summed E-state index contributed by atoms with van der Waals surface area (Å²) in [6.45, 7) is 10.7. The van der Waals surface area contributed by atoms with Crippen LogP contribution in [0.25, 0.3) is 5.69 Å². The number of nitrogens with one attached hydrogen (secondary N) is 2. The van der Waals surface area contributed by atoms with E-state index < -0.39 is 10.0 Å². The second kappa shape index (κ2) is 10.8. The highest BCUT2D eigenvalue weighted by Crippen LogP contribution is 2.45. The van der Waals surface area contributed by atoms with Crippen molar-refractivity contribution in [2.45, 2.75) is 46.7 Å². The molecule has 0 amide bonds. The summed E-state index contributed by atoms with van der Waals surface area (Å²) in [5.74, 6) is 0.415. The van der Waals surface area contributed by atoms with E-state index >= 15 is 0 Å². The van der Waals surface area contributed by atoms with Gasteiger partial charge in [-0.3, -0.25) is 9.71 Å². The zero-order valence-corrected chi connectivity index (χ0v) is 25.9. The van der Waals surface area contributed by atoms with Crippen LogP contribution in [0.4, 0.5) is 11.4 Å². The molecule has 2 N–H and O–H groups in total. The molecule has 0 aliphatic carbocycles. The van der Waals surface area contributed by atoms with Gasteiger partial charge in [-0.25, -0.2) is 8.42 Å². The molecule has 1 aliphatic rings. The lowest BCUT2D eigenvalue weighted by atomic mass is 9.96. The summed E-state index contributed by atoms with van der Waals surface area (Å²) in [5.41, 5.74) is 10.1. The molecule has 1 aliphatic heterocycles. The first-order valence-corrected chi connectivity index (χ1v) is 15.6. The number of benzene rings is 2. The van der Waals surface area contributed by atoms with Gasteiger partial charge in [-0.15, -0.1) is 0 Å². The van der Waals surface area contributed by atoms with Gasteiger partial charge in [-0.2, -0.15) is 0 Å². The van der Waals surface area contributed by atoms with Gasteiger partial charge < -0.3 is 19.5 Å². The zero-order valence-electron chi connectivity index (χ0n) is 24.3. The second-order valence-electron chi connectivity index (χ2n) is 10.7. The maximum Gasteiger partial charge on any atom is 0.229 e. The fraction of sp³-hybridized carbons (Fsp3) is 0.290. The van der Waals surface area contributed by atoms with Crippen molar-refractivity contribution >= 4 is 38.7 Å². The smallest absolute Gasteiger partial charge is 0.229 e. The first-order chi connectivity index (χ1) is 19.4. The molecule has 2 unspecified atom stereocenters.